The lowest BCUT2D eigenvalue weighted by molar-refractivity contribution is 0.744. The third kappa shape index (κ3) is 3.72. The van der Waals surface area contributed by atoms with Crippen LogP contribution in [0.5, 0.6) is 0 Å². The lowest BCUT2D eigenvalue weighted by Crippen LogP contribution is -2.10. The van der Waals surface area contributed by atoms with Crippen LogP contribution in [0.1, 0.15) is 18.1 Å². The molecule has 0 atom stereocenters. The van der Waals surface area contributed by atoms with Gasteiger partial charge in [-0.15, -0.1) is 0 Å². The first-order valence-corrected chi connectivity index (χ1v) is 6.69. The van der Waals surface area contributed by atoms with E-state index in [1.807, 2.05) is 55.5 Å². The molecule has 2 aromatic carbocycles. The molecule has 0 aliphatic heterocycles. The number of benzene rings is 2. The van der Waals surface area contributed by atoms with E-state index >= 15 is 0 Å². The Labute approximate surface area is 123 Å². The molecule has 0 aromatic heterocycles. The number of hydrogen-bond donors (Lipinski definition) is 1. The Balaban J connectivity index is 2.04. The van der Waals surface area contributed by atoms with E-state index in [9.17, 15) is 0 Å². The summed E-state index contributed by atoms with van der Waals surface area (Å²) in [6.45, 7) is 2.46. The molecule has 0 aliphatic carbocycles. The number of rotatable bonds is 4. The van der Waals surface area contributed by atoms with Crippen molar-refractivity contribution in [2.24, 2.45) is 5.10 Å². The minimum atomic E-state index is 0.503. The third-order valence-electron chi connectivity index (χ3n) is 2.76. The molecule has 0 saturated carbocycles. The maximum absolute atomic E-state index is 6.09. The Bertz CT molecular complexity index is 560. The van der Waals surface area contributed by atoms with Crippen molar-refractivity contribution in [3.63, 3.8) is 0 Å². The molecule has 1 N–H and O–H groups in total. The summed E-state index contributed by atoms with van der Waals surface area (Å²) < 4.78 is 0. The molecule has 0 saturated heterocycles. The second-order valence-electron chi connectivity index (χ2n) is 4.10. The van der Waals surface area contributed by atoms with Crippen LogP contribution in [0.25, 0.3) is 0 Å². The first kappa shape index (κ1) is 13.9. The van der Waals surface area contributed by atoms with Crippen LogP contribution in [0.4, 0.5) is 0 Å². The number of hydrazone groups is 1. The van der Waals surface area contributed by atoms with Gasteiger partial charge in [0.25, 0.3) is 0 Å². The highest BCUT2D eigenvalue weighted by Gasteiger charge is 2.04. The average Bonchev–Trinajstić information content (AvgIpc) is 2.43. The number of nitrogens with one attached hydrogen (secondary N) is 1. The molecule has 2 aromatic rings. The number of halogens is 2. The SMILES string of the molecule is C/C(=N/NCc1c(Cl)cccc1Cl)c1ccccc1. The van der Waals surface area contributed by atoms with Crippen molar-refractivity contribution in [3.05, 3.63) is 69.7 Å². The molecule has 0 unspecified atom stereocenters. The minimum Gasteiger partial charge on any atom is -0.305 e. The van der Waals surface area contributed by atoms with Crippen molar-refractivity contribution >= 4 is 28.9 Å². The van der Waals surface area contributed by atoms with Crippen LogP contribution < -0.4 is 5.43 Å². The highest BCUT2D eigenvalue weighted by Crippen LogP contribution is 2.23. The molecule has 98 valence electrons. The van der Waals surface area contributed by atoms with Gasteiger partial charge in [-0.1, -0.05) is 59.6 Å². The Hall–Kier alpha value is -1.51. The zero-order chi connectivity index (χ0) is 13.7. The molecule has 0 aliphatic rings. The molecule has 2 rings (SSSR count). The van der Waals surface area contributed by atoms with Gasteiger partial charge < -0.3 is 5.43 Å². The Morgan fingerprint density at radius 3 is 2.26 bits per heavy atom. The normalized spacial score (nSPS) is 11.4. The molecule has 0 spiro atoms. The predicted octanol–water partition coefficient (Wildman–Crippen LogP) is 4.51. The molecule has 0 fully saturated rings. The summed E-state index contributed by atoms with van der Waals surface area (Å²) in [4.78, 5) is 0. The van der Waals surface area contributed by atoms with E-state index in [1.165, 1.54) is 0 Å². The van der Waals surface area contributed by atoms with Gasteiger partial charge >= 0.3 is 0 Å². The van der Waals surface area contributed by atoms with Crippen molar-refractivity contribution in [2.45, 2.75) is 13.5 Å². The number of nitrogens with zero attached hydrogens (tertiary/aromatic N) is 1. The van der Waals surface area contributed by atoms with Crippen LogP contribution in [0.3, 0.4) is 0 Å². The van der Waals surface area contributed by atoms with Gasteiger partial charge in [-0.05, 0) is 24.6 Å². The summed E-state index contributed by atoms with van der Waals surface area (Å²) in [5.74, 6) is 0. The fraction of sp³-hybridized carbons (Fsp3) is 0.133. The second-order valence-corrected chi connectivity index (χ2v) is 4.91. The highest BCUT2D eigenvalue weighted by atomic mass is 35.5. The minimum absolute atomic E-state index is 0.503. The Morgan fingerprint density at radius 2 is 1.63 bits per heavy atom. The summed E-state index contributed by atoms with van der Waals surface area (Å²) in [5, 5.41) is 5.61. The van der Waals surface area contributed by atoms with Crippen molar-refractivity contribution in [1.29, 1.82) is 0 Å². The quantitative estimate of drug-likeness (QED) is 0.651. The third-order valence-corrected chi connectivity index (χ3v) is 3.46. The van der Waals surface area contributed by atoms with Gasteiger partial charge in [0.05, 0.1) is 12.3 Å². The van der Waals surface area contributed by atoms with E-state index in [-0.39, 0.29) is 0 Å². The predicted molar refractivity (Wildman–Crippen MR) is 82.0 cm³/mol. The lowest BCUT2D eigenvalue weighted by Gasteiger charge is -2.07. The molecule has 0 amide bonds. The fourth-order valence-corrected chi connectivity index (χ4v) is 2.21. The maximum Gasteiger partial charge on any atom is 0.0644 e. The molecule has 0 heterocycles. The van der Waals surface area contributed by atoms with E-state index in [1.54, 1.807) is 0 Å². The largest absolute Gasteiger partial charge is 0.305 e. The molecular weight excluding hydrogens is 279 g/mol. The van der Waals surface area contributed by atoms with Crippen LogP contribution in [0, 0.1) is 0 Å². The van der Waals surface area contributed by atoms with Gasteiger partial charge in [-0.25, -0.2) is 0 Å². The second kappa shape index (κ2) is 6.60. The lowest BCUT2D eigenvalue weighted by atomic mass is 10.1. The number of hydrogen-bond acceptors (Lipinski definition) is 2. The van der Waals surface area contributed by atoms with Crippen molar-refractivity contribution < 1.29 is 0 Å². The topological polar surface area (TPSA) is 24.4 Å². The van der Waals surface area contributed by atoms with Gasteiger partial charge in [0, 0.05) is 15.6 Å². The average molecular weight is 293 g/mol. The summed E-state index contributed by atoms with van der Waals surface area (Å²) in [7, 11) is 0. The van der Waals surface area contributed by atoms with E-state index in [4.69, 9.17) is 23.2 Å². The van der Waals surface area contributed by atoms with Gasteiger partial charge in [0.1, 0.15) is 0 Å². The molecule has 0 bridgehead atoms. The van der Waals surface area contributed by atoms with E-state index in [0.717, 1.165) is 16.8 Å². The Kier molecular flexibility index (Phi) is 4.83. The molecule has 19 heavy (non-hydrogen) atoms. The van der Waals surface area contributed by atoms with E-state index in [0.29, 0.717) is 16.6 Å². The molecule has 4 heteroatoms. The first-order chi connectivity index (χ1) is 9.18. The van der Waals surface area contributed by atoms with Gasteiger partial charge in [-0.3, -0.25) is 0 Å². The highest BCUT2D eigenvalue weighted by molar-refractivity contribution is 6.35. The van der Waals surface area contributed by atoms with Gasteiger partial charge in [0.15, 0.2) is 0 Å². The maximum atomic E-state index is 6.09. The fourth-order valence-electron chi connectivity index (χ4n) is 1.68. The van der Waals surface area contributed by atoms with Crippen LogP contribution in [-0.4, -0.2) is 5.71 Å². The molecule has 0 radical (unpaired) electrons. The molecular formula is C15H14Cl2N2. The summed E-state index contributed by atoms with van der Waals surface area (Å²) >= 11 is 12.2. The standard InChI is InChI=1S/C15H14Cl2N2/c1-11(12-6-3-2-4-7-12)19-18-10-13-14(16)8-5-9-15(13)17/h2-9,18H,10H2,1H3/b19-11-. The van der Waals surface area contributed by atoms with Crippen LogP contribution in [-0.2, 0) is 6.54 Å². The van der Waals surface area contributed by atoms with E-state index in [2.05, 4.69) is 10.5 Å². The summed E-state index contributed by atoms with van der Waals surface area (Å²) in [5.41, 5.74) is 5.86. The smallest absolute Gasteiger partial charge is 0.0644 e. The van der Waals surface area contributed by atoms with Crippen LogP contribution >= 0.6 is 23.2 Å². The van der Waals surface area contributed by atoms with Gasteiger partial charge in [-0.2, -0.15) is 5.10 Å². The van der Waals surface area contributed by atoms with Crippen molar-refractivity contribution in [1.82, 2.24) is 5.43 Å². The Morgan fingerprint density at radius 1 is 1.00 bits per heavy atom. The van der Waals surface area contributed by atoms with Gasteiger partial charge in [0.2, 0.25) is 0 Å². The van der Waals surface area contributed by atoms with E-state index < -0.39 is 0 Å². The summed E-state index contributed by atoms with van der Waals surface area (Å²) in [6, 6.07) is 15.4. The van der Waals surface area contributed by atoms with Crippen LogP contribution in [0.2, 0.25) is 10.0 Å². The van der Waals surface area contributed by atoms with Crippen molar-refractivity contribution in [2.75, 3.05) is 0 Å². The monoisotopic (exact) mass is 292 g/mol. The van der Waals surface area contributed by atoms with Crippen molar-refractivity contribution in [3.8, 4) is 0 Å². The zero-order valence-corrected chi connectivity index (χ0v) is 12.0. The van der Waals surface area contributed by atoms with Crippen LogP contribution in [0.15, 0.2) is 53.6 Å². The zero-order valence-electron chi connectivity index (χ0n) is 10.5. The first-order valence-electron chi connectivity index (χ1n) is 5.94. The molecule has 2 nitrogen and oxygen atoms in total. The summed E-state index contributed by atoms with van der Waals surface area (Å²) in [6.07, 6.45) is 0.